The van der Waals surface area contributed by atoms with E-state index in [-0.39, 0.29) is 12.2 Å². The summed E-state index contributed by atoms with van der Waals surface area (Å²) < 4.78 is 0. The van der Waals surface area contributed by atoms with Gasteiger partial charge in [-0.25, -0.2) is 0 Å². The molecule has 0 aromatic rings. The van der Waals surface area contributed by atoms with E-state index in [9.17, 15) is 9.90 Å². The van der Waals surface area contributed by atoms with Crippen molar-refractivity contribution < 1.29 is 9.90 Å². The molecule has 0 amide bonds. The van der Waals surface area contributed by atoms with Gasteiger partial charge >= 0.3 is 0 Å². The summed E-state index contributed by atoms with van der Waals surface area (Å²) in [5, 5.41) is 9.76. The largest absolute Gasteiger partial charge is 0.385 e. The Morgan fingerprint density at radius 3 is 2.92 bits per heavy atom. The predicted octanol–water partition coefficient (Wildman–Crippen LogP) is 1.60. The smallest absolute Gasteiger partial charge is 0.158 e. The minimum atomic E-state index is -0.893. The number of hydrogen-bond donors (Lipinski definition) is 1. The fourth-order valence-corrected chi connectivity index (χ4v) is 1.27. The third-order valence-corrected chi connectivity index (χ3v) is 2.04. The van der Waals surface area contributed by atoms with Gasteiger partial charge in [0.15, 0.2) is 5.78 Å². The first-order valence-corrected chi connectivity index (χ1v) is 4.11. The highest BCUT2D eigenvalue weighted by atomic mass is 16.3. The molecule has 1 rings (SSSR count). The van der Waals surface area contributed by atoms with Crippen molar-refractivity contribution >= 4 is 5.78 Å². The van der Waals surface area contributed by atoms with Gasteiger partial charge < -0.3 is 5.11 Å². The first-order valence-electron chi connectivity index (χ1n) is 4.11. The molecule has 2 heteroatoms. The molecule has 1 aliphatic carbocycles. The third kappa shape index (κ3) is 2.31. The lowest BCUT2D eigenvalue weighted by Gasteiger charge is -2.18. The van der Waals surface area contributed by atoms with Crippen LogP contribution >= 0.6 is 0 Å². The molecule has 1 aliphatic rings. The van der Waals surface area contributed by atoms with Crippen LogP contribution in [0.3, 0.4) is 0 Å². The number of carbonyl (C=O) groups is 1. The Morgan fingerprint density at radius 2 is 2.50 bits per heavy atom. The first-order chi connectivity index (χ1) is 5.52. The van der Waals surface area contributed by atoms with Gasteiger partial charge in [-0.05, 0) is 31.9 Å². The van der Waals surface area contributed by atoms with Crippen LogP contribution in [0.4, 0.5) is 0 Å². The maximum absolute atomic E-state index is 10.8. The second kappa shape index (κ2) is 3.23. The highest BCUT2D eigenvalue weighted by molar-refractivity contribution is 5.93. The molecule has 1 N–H and O–H groups in total. The Kier molecular flexibility index (Phi) is 2.48. The van der Waals surface area contributed by atoms with Crippen LogP contribution in [-0.4, -0.2) is 16.5 Å². The molecule has 0 fully saturated rings. The molecule has 0 heterocycles. The molecule has 0 spiro atoms. The van der Waals surface area contributed by atoms with Gasteiger partial charge in [-0.2, -0.15) is 0 Å². The van der Waals surface area contributed by atoms with Crippen molar-refractivity contribution in [1.29, 1.82) is 0 Å². The normalized spacial score (nSPS) is 28.0. The maximum Gasteiger partial charge on any atom is 0.158 e. The highest BCUT2D eigenvalue weighted by Gasteiger charge is 2.30. The molecule has 66 valence electrons. The van der Waals surface area contributed by atoms with Gasteiger partial charge in [0.05, 0.1) is 5.60 Å². The first kappa shape index (κ1) is 9.20. The quantitative estimate of drug-likeness (QED) is 0.646. The Hall–Kier alpha value is -0.890. The SMILES string of the molecule is C=C(C)CC[C@@]1(O)C=CC(=O)C1. The topological polar surface area (TPSA) is 37.3 Å². The standard InChI is InChI=1S/C10H14O2/c1-8(2)3-5-10(12)6-4-9(11)7-10/h4,6,12H,1,3,5,7H2,2H3/t10-/m1/s1. The number of allylic oxidation sites excluding steroid dienone is 2. The Labute approximate surface area is 72.6 Å². The zero-order valence-corrected chi connectivity index (χ0v) is 7.34. The number of ketones is 1. The van der Waals surface area contributed by atoms with Crippen molar-refractivity contribution in [3.8, 4) is 0 Å². The highest BCUT2D eigenvalue weighted by Crippen LogP contribution is 2.26. The van der Waals surface area contributed by atoms with Crippen LogP contribution in [-0.2, 0) is 4.79 Å². The predicted molar refractivity (Wildman–Crippen MR) is 47.8 cm³/mol. The summed E-state index contributed by atoms with van der Waals surface area (Å²) in [4.78, 5) is 10.8. The molecule has 2 nitrogen and oxygen atoms in total. The van der Waals surface area contributed by atoms with Crippen LogP contribution < -0.4 is 0 Å². The van der Waals surface area contributed by atoms with Gasteiger partial charge in [-0.15, -0.1) is 6.58 Å². The monoisotopic (exact) mass is 166 g/mol. The van der Waals surface area contributed by atoms with E-state index in [0.717, 1.165) is 12.0 Å². The second-order valence-corrected chi connectivity index (χ2v) is 3.54. The van der Waals surface area contributed by atoms with Crippen molar-refractivity contribution in [3.63, 3.8) is 0 Å². The fraction of sp³-hybridized carbons (Fsp3) is 0.500. The molecule has 0 radical (unpaired) electrons. The average Bonchev–Trinajstić information content (AvgIpc) is 2.29. The molecule has 0 saturated heterocycles. The van der Waals surface area contributed by atoms with Crippen LogP contribution in [0.25, 0.3) is 0 Å². The van der Waals surface area contributed by atoms with E-state index < -0.39 is 5.60 Å². The molecule has 0 aromatic carbocycles. The number of carbonyl (C=O) groups excluding carboxylic acids is 1. The van der Waals surface area contributed by atoms with E-state index in [1.54, 1.807) is 6.08 Å². The number of rotatable bonds is 3. The van der Waals surface area contributed by atoms with E-state index in [0.29, 0.717) is 6.42 Å². The van der Waals surface area contributed by atoms with E-state index in [1.807, 2.05) is 6.92 Å². The Morgan fingerprint density at radius 1 is 1.83 bits per heavy atom. The van der Waals surface area contributed by atoms with Gasteiger partial charge in [0.25, 0.3) is 0 Å². The lowest BCUT2D eigenvalue weighted by Crippen LogP contribution is -2.24. The minimum absolute atomic E-state index is 0.0132. The van der Waals surface area contributed by atoms with Crippen LogP contribution in [0.1, 0.15) is 26.2 Å². The van der Waals surface area contributed by atoms with Crippen molar-refractivity contribution in [1.82, 2.24) is 0 Å². The summed E-state index contributed by atoms with van der Waals surface area (Å²) >= 11 is 0. The van der Waals surface area contributed by atoms with Crippen LogP contribution in [0.15, 0.2) is 24.3 Å². The Balaban J connectivity index is 2.46. The van der Waals surface area contributed by atoms with Crippen molar-refractivity contribution in [2.75, 3.05) is 0 Å². The van der Waals surface area contributed by atoms with Crippen LogP contribution in [0.2, 0.25) is 0 Å². The summed E-state index contributed by atoms with van der Waals surface area (Å²) in [6.45, 7) is 5.67. The lowest BCUT2D eigenvalue weighted by molar-refractivity contribution is -0.116. The van der Waals surface area contributed by atoms with Crippen molar-refractivity contribution in [3.05, 3.63) is 24.3 Å². The minimum Gasteiger partial charge on any atom is -0.385 e. The average molecular weight is 166 g/mol. The molecule has 0 aliphatic heterocycles. The maximum atomic E-state index is 10.8. The van der Waals surface area contributed by atoms with E-state index in [1.165, 1.54) is 6.08 Å². The van der Waals surface area contributed by atoms with Crippen LogP contribution in [0, 0.1) is 0 Å². The summed E-state index contributed by atoms with van der Waals surface area (Å²) in [5.41, 5.74) is 0.145. The summed E-state index contributed by atoms with van der Waals surface area (Å²) in [5.74, 6) is 0.0132. The van der Waals surface area contributed by atoms with E-state index >= 15 is 0 Å². The molecule has 12 heavy (non-hydrogen) atoms. The zero-order chi connectivity index (χ0) is 9.19. The van der Waals surface area contributed by atoms with Crippen LogP contribution in [0.5, 0.6) is 0 Å². The molecular formula is C10H14O2. The molecule has 1 atom stereocenters. The van der Waals surface area contributed by atoms with Crippen molar-refractivity contribution in [2.45, 2.75) is 31.8 Å². The summed E-state index contributed by atoms with van der Waals surface area (Å²) in [6.07, 6.45) is 4.66. The lowest BCUT2D eigenvalue weighted by atomic mass is 9.95. The summed E-state index contributed by atoms with van der Waals surface area (Å²) in [7, 11) is 0. The number of aliphatic hydroxyl groups is 1. The molecule has 0 unspecified atom stereocenters. The third-order valence-electron chi connectivity index (χ3n) is 2.04. The van der Waals surface area contributed by atoms with Crippen molar-refractivity contribution in [2.24, 2.45) is 0 Å². The molecular weight excluding hydrogens is 152 g/mol. The van der Waals surface area contributed by atoms with Gasteiger partial charge in [0.2, 0.25) is 0 Å². The second-order valence-electron chi connectivity index (χ2n) is 3.54. The van der Waals surface area contributed by atoms with E-state index in [2.05, 4.69) is 6.58 Å². The van der Waals surface area contributed by atoms with E-state index in [4.69, 9.17) is 0 Å². The zero-order valence-electron chi connectivity index (χ0n) is 7.34. The summed E-state index contributed by atoms with van der Waals surface area (Å²) in [6, 6.07) is 0. The van der Waals surface area contributed by atoms with Gasteiger partial charge in [-0.1, -0.05) is 5.57 Å². The number of hydrogen-bond acceptors (Lipinski definition) is 2. The fourth-order valence-electron chi connectivity index (χ4n) is 1.27. The molecule has 0 bridgehead atoms. The van der Waals surface area contributed by atoms with Gasteiger partial charge in [0.1, 0.15) is 0 Å². The van der Waals surface area contributed by atoms with Gasteiger partial charge in [-0.3, -0.25) is 4.79 Å². The Bertz CT molecular complexity index is 240. The molecule has 0 saturated carbocycles. The molecule has 0 aromatic heterocycles. The van der Waals surface area contributed by atoms with Gasteiger partial charge in [0, 0.05) is 6.42 Å².